The molecular formula is C19H20F3N3O4. The summed E-state index contributed by atoms with van der Waals surface area (Å²) < 4.78 is 43.6. The van der Waals surface area contributed by atoms with Crippen LogP contribution in [0.15, 0.2) is 48.9 Å². The van der Waals surface area contributed by atoms with Crippen molar-refractivity contribution in [1.82, 2.24) is 9.97 Å². The normalized spacial score (nSPS) is 23.1. The molecule has 0 amide bonds. The van der Waals surface area contributed by atoms with Crippen molar-refractivity contribution in [3.63, 3.8) is 0 Å². The number of fused-ring (bicyclic) bond motifs is 1. The molecule has 0 spiro atoms. The van der Waals surface area contributed by atoms with Crippen LogP contribution < -0.4 is 9.64 Å². The first-order valence-electron chi connectivity index (χ1n) is 8.95. The van der Waals surface area contributed by atoms with Gasteiger partial charge in [-0.15, -0.1) is 0 Å². The van der Waals surface area contributed by atoms with Crippen LogP contribution in [0.1, 0.15) is 0 Å². The Balaban J connectivity index is 0.000000298. The summed E-state index contributed by atoms with van der Waals surface area (Å²) in [5, 5.41) is 7.12. The quantitative estimate of drug-likeness (QED) is 0.828. The van der Waals surface area contributed by atoms with Crippen molar-refractivity contribution in [1.29, 1.82) is 0 Å². The van der Waals surface area contributed by atoms with Gasteiger partial charge in [-0.2, -0.15) is 13.2 Å². The maximum absolute atomic E-state index is 10.6. The van der Waals surface area contributed by atoms with Gasteiger partial charge in [-0.05, 0) is 12.1 Å². The second-order valence-electron chi connectivity index (χ2n) is 6.69. The lowest BCUT2D eigenvalue weighted by molar-refractivity contribution is -0.192. The number of hydrogen-bond donors (Lipinski definition) is 1. The Labute approximate surface area is 165 Å². The Hall–Kier alpha value is -2.88. The zero-order valence-corrected chi connectivity index (χ0v) is 15.3. The largest absolute Gasteiger partial charge is 0.493 e. The third-order valence-electron chi connectivity index (χ3n) is 4.76. The van der Waals surface area contributed by atoms with Crippen molar-refractivity contribution in [2.24, 2.45) is 11.8 Å². The lowest BCUT2D eigenvalue weighted by Gasteiger charge is -2.20. The SMILES string of the molecule is O=C(O)C(F)(F)F.c1ccc(OC[C@@H]2CO[C@@H]3CN(c4cnccn4)C[C@H]23)cc1. The highest BCUT2D eigenvalue weighted by atomic mass is 19.4. The zero-order valence-electron chi connectivity index (χ0n) is 15.3. The van der Waals surface area contributed by atoms with E-state index in [1.807, 2.05) is 36.5 Å². The Bertz CT molecular complexity index is 792. The zero-order chi connectivity index (χ0) is 20.9. The Morgan fingerprint density at radius 2 is 1.97 bits per heavy atom. The first-order chi connectivity index (χ1) is 13.8. The molecular weight excluding hydrogens is 391 g/mol. The highest BCUT2D eigenvalue weighted by Crippen LogP contribution is 2.35. The fraction of sp³-hybridized carbons (Fsp3) is 0.421. The molecule has 1 aromatic heterocycles. The molecule has 10 heteroatoms. The predicted molar refractivity (Wildman–Crippen MR) is 96.6 cm³/mol. The van der Waals surface area contributed by atoms with Gasteiger partial charge < -0.3 is 19.5 Å². The van der Waals surface area contributed by atoms with Crippen LogP contribution in [-0.2, 0) is 9.53 Å². The van der Waals surface area contributed by atoms with E-state index in [-0.39, 0.29) is 6.10 Å². The van der Waals surface area contributed by atoms with E-state index in [1.165, 1.54) is 0 Å². The van der Waals surface area contributed by atoms with E-state index in [0.29, 0.717) is 18.4 Å². The maximum atomic E-state index is 10.6. The summed E-state index contributed by atoms with van der Waals surface area (Å²) >= 11 is 0. The first-order valence-corrected chi connectivity index (χ1v) is 8.95. The van der Waals surface area contributed by atoms with Gasteiger partial charge in [0.25, 0.3) is 0 Å². The molecule has 2 fully saturated rings. The van der Waals surface area contributed by atoms with Crippen LogP contribution in [0.3, 0.4) is 0 Å². The van der Waals surface area contributed by atoms with Gasteiger partial charge in [-0.1, -0.05) is 18.2 Å². The van der Waals surface area contributed by atoms with Crippen molar-refractivity contribution >= 4 is 11.8 Å². The minimum Gasteiger partial charge on any atom is -0.493 e. The van der Waals surface area contributed by atoms with Crippen LogP contribution in [0.2, 0.25) is 0 Å². The summed E-state index contributed by atoms with van der Waals surface area (Å²) in [7, 11) is 0. The number of aromatic nitrogens is 2. The topological polar surface area (TPSA) is 84.8 Å². The average Bonchev–Trinajstić information content (AvgIpc) is 3.29. The molecule has 1 N–H and O–H groups in total. The molecule has 7 nitrogen and oxygen atoms in total. The van der Waals surface area contributed by atoms with Crippen LogP contribution in [0.5, 0.6) is 5.75 Å². The summed E-state index contributed by atoms with van der Waals surface area (Å²) in [5.41, 5.74) is 0. The molecule has 2 aliphatic heterocycles. The number of halogens is 3. The van der Waals surface area contributed by atoms with Gasteiger partial charge in [0.05, 0.1) is 25.5 Å². The molecule has 0 bridgehead atoms. The van der Waals surface area contributed by atoms with E-state index in [0.717, 1.165) is 31.3 Å². The fourth-order valence-electron chi connectivity index (χ4n) is 3.33. The first kappa shape index (κ1) is 20.8. The van der Waals surface area contributed by atoms with Gasteiger partial charge in [0.15, 0.2) is 0 Å². The molecule has 3 atom stereocenters. The number of carboxylic acid groups (broad SMARTS) is 1. The number of benzene rings is 1. The van der Waals surface area contributed by atoms with E-state index in [9.17, 15) is 13.2 Å². The Kier molecular flexibility index (Phi) is 6.53. The summed E-state index contributed by atoms with van der Waals surface area (Å²) in [6, 6.07) is 9.97. The van der Waals surface area contributed by atoms with Gasteiger partial charge in [0.2, 0.25) is 0 Å². The number of carbonyl (C=O) groups is 1. The van der Waals surface area contributed by atoms with Crippen LogP contribution in [0, 0.1) is 11.8 Å². The van der Waals surface area contributed by atoms with Crippen molar-refractivity contribution in [2.45, 2.75) is 12.3 Å². The van der Waals surface area contributed by atoms with E-state index < -0.39 is 12.1 Å². The predicted octanol–water partition coefficient (Wildman–Crippen LogP) is 2.64. The van der Waals surface area contributed by atoms with Gasteiger partial charge >= 0.3 is 12.1 Å². The molecule has 0 unspecified atom stereocenters. The van der Waals surface area contributed by atoms with Crippen LogP contribution >= 0.6 is 0 Å². The smallest absolute Gasteiger partial charge is 0.490 e. The number of anilines is 1. The molecule has 0 saturated carbocycles. The number of alkyl halides is 3. The van der Waals surface area contributed by atoms with Crippen molar-refractivity contribution in [3.05, 3.63) is 48.9 Å². The molecule has 156 valence electrons. The number of ether oxygens (including phenoxy) is 2. The second kappa shape index (κ2) is 9.08. The molecule has 0 radical (unpaired) electrons. The molecule has 29 heavy (non-hydrogen) atoms. The van der Waals surface area contributed by atoms with Gasteiger partial charge in [-0.25, -0.2) is 9.78 Å². The van der Waals surface area contributed by atoms with Crippen LogP contribution in [0.4, 0.5) is 19.0 Å². The minimum atomic E-state index is -5.08. The summed E-state index contributed by atoms with van der Waals surface area (Å²) in [5.74, 6) is 0.0445. The lowest BCUT2D eigenvalue weighted by Crippen LogP contribution is -2.27. The number of nitrogens with zero attached hydrogens (tertiary/aromatic N) is 3. The molecule has 1 aromatic carbocycles. The molecule has 3 heterocycles. The number of hydrogen-bond acceptors (Lipinski definition) is 6. The minimum absolute atomic E-state index is 0.284. The average molecular weight is 411 g/mol. The Morgan fingerprint density at radius 1 is 1.24 bits per heavy atom. The maximum Gasteiger partial charge on any atom is 0.490 e. The van der Waals surface area contributed by atoms with Gasteiger partial charge in [0, 0.05) is 37.3 Å². The van der Waals surface area contributed by atoms with E-state index in [1.54, 1.807) is 12.4 Å². The molecule has 2 saturated heterocycles. The Morgan fingerprint density at radius 3 is 2.59 bits per heavy atom. The fourth-order valence-corrected chi connectivity index (χ4v) is 3.33. The molecule has 2 aromatic rings. The third-order valence-corrected chi connectivity index (χ3v) is 4.76. The molecule has 2 aliphatic rings. The summed E-state index contributed by atoms with van der Waals surface area (Å²) in [6.07, 6.45) is 0.455. The van der Waals surface area contributed by atoms with E-state index >= 15 is 0 Å². The van der Waals surface area contributed by atoms with Crippen LogP contribution in [0.25, 0.3) is 0 Å². The monoisotopic (exact) mass is 411 g/mol. The van der Waals surface area contributed by atoms with E-state index in [2.05, 4.69) is 14.9 Å². The number of carboxylic acids is 1. The van der Waals surface area contributed by atoms with E-state index in [4.69, 9.17) is 19.4 Å². The highest BCUT2D eigenvalue weighted by molar-refractivity contribution is 5.73. The number of para-hydroxylation sites is 1. The highest BCUT2D eigenvalue weighted by Gasteiger charge is 2.44. The third kappa shape index (κ3) is 5.57. The van der Waals surface area contributed by atoms with Crippen molar-refractivity contribution in [2.75, 3.05) is 31.2 Å². The van der Waals surface area contributed by atoms with Crippen molar-refractivity contribution in [3.8, 4) is 5.75 Å². The number of rotatable bonds is 4. The molecule has 4 rings (SSSR count). The molecule has 0 aliphatic carbocycles. The van der Waals surface area contributed by atoms with Gasteiger partial charge in [-0.3, -0.25) is 4.98 Å². The lowest BCUT2D eigenvalue weighted by atomic mass is 9.94. The summed E-state index contributed by atoms with van der Waals surface area (Å²) in [4.78, 5) is 19.7. The standard InChI is InChI=1S/C17H19N3O2.C2HF3O2/c1-2-4-14(5-3-1)21-11-13-12-22-16-10-20(9-15(13)16)17-8-18-6-7-19-17;3-2(4,5)1(6)7/h1-8,13,15-16H,9-12H2;(H,6,7)/t13-,15-,16-;/m1./s1. The number of aliphatic carboxylic acids is 1. The van der Waals surface area contributed by atoms with Crippen LogP contribution in [-0.4, -0.2) is 59.6 Å². The summed E-state index contributed by atoms with van der Waals surface area (Å²) in [6.45, 7) is 3.35. The van der Waals surface area contributed by atoms with Gasteiger partial charge in [0.1, 0.15) is 11.6 Å². The van der Waals surface area contributed by atoms with Crippen molar-refractivity contribution < 1.29 is 32.5 Å². The second-order valence-corrected chi connectivity index (χ2v) is 6.69.